The number of methoxy groups -OCH3 is 1. The first-order valence-corrected chi connectivity index (χ1v) is 10.3. The number of halogens is 1. The molecule has 2 aromatic rings. The lowest BCUT2D eigenvalue weighted by Gasteiger charge is -2.29. The third-order valence-electron chi connectivity index (χ3n) is 5.79. The molecule has 0 saturated carbocycles. The van der Waals surface area contributed by atoms with Gasteiger partial charge in [-0.3, -0.25) is 9.80 Å². The summed E-state index contributed by atoms with van der Waals surface area (Å²) < 4.78 is 25.5. The zero-order valence-corrected chi connectivity index (χ0v) is 16.9. The molecule has 0 unspecified atom stereocenters. The molecule has 2 heterocycles. The standard InChI is InChI=1S/C23H29FN2O3/c1-28-21-3-4-22(24)18(13-21)15-26-10-11-29-23-5-2-17(12-19(23)16-26)14-25-8-6-20(27)7-9-25/h2-5,12-13,20,27H,6-11,14-16H2,1H3. The number of aliphatic hydroxyl groups is 1. The van der Waals surface area contributed by atoms with Crippen molar-refractivity contribution in [1.82, 2.24) is 9.80 Å². The Hall–Kier alpha value is -2.15. The molecule has 2 aliphatic heterocycles. The van der Waals surface area contributed by atoms with Gasteiger partial charge in [0.25, 0.3) is 0 Å². The normalized spacial score (nSPS) is 18.7. The molecule has 1 saturated heterocycles. The third-order valence-corrected chi connectivity index (χ3v) is 5.79. The van der Waals surface area contributed by atoms with E-state index in [2.05, 4.69) is 28.0 Å². The van der Waals surface area contributed by atoms with Gasteiger partial charge in [0.15, 0.2) is 0 Å². The van der Waals surface area contributed by atoms with Crippen LogP contribution in [-0.4, -0.2) is 54.4 Å². The van der Waals surface area contributed by atoms with Crippen LogP contribution in [0.1, 0.15) is 29.5 Å². The fourth-order valence-corrected chi connectivity index (χ4v) is 4.11. The van der Waals surface area contributed by atoms with Crippen molar-refractivity contribution in [2.75, 3.05) is 33.4 Å². The number of hydrogen-bond donors (Lipinski definition) is 1. The van der Waals surface area contributed by atoms with Crippen molar-refractivity contribution in [3.63, 3.8) is 0 Å². The highest BCUT2D eigenvalue weighted by molar-refractivity contribution is 5.38. The fourth-order valence-electron chi connectivity index (χ4n) is 4.11. The second kappa shape index (κ2) is 9.11. The Kier molecular flexibility index (Phi) is 6.33. The maximum Gasteiger partial charge on any atom is 0.127 e. The predicted octanol–water partition coefficient (Wildman–Crippen LogP) is 3.19. The molecule has 4 rings (SSSR count). The Balaban J connectivity index is 1.46. The Bertz CT molecular complexity index is 837. The first-order chi connectivity index (χ1) is 14.1. The molecule has 6 heteroatoms. The van der Waals surface area contributed by atoms with Gasteiger partial charge in [0.2, 0.25) is 0 Å². The smallest absolute Gasteiger partial charge is 0.127 e. The minimum atomic E-state index is -0.211. The van der Waals surface area contributed by atoms with Crippen LogP contribution in [0.2, 0.25) is 0 Å². The van der Waals surface area contributed by atoms with Crippen LogP contribution in [0.3, 0.4) is 0 Å². The van der Waals surface area contributed by atoms with Crippen LogP contribution in [0.25, 0.3) is 0 Å². The number of nitrogens with zero attached hydrogens (tertiary/aromatic N) is 2. The van der Waals surface area contributed by atoms with Gasteiger partial charge >= 0.3 is 0 Å². The van der Waals surface area contributed by atoms with Gasteiger partial charge < -0.3 is 14.6 Å². The van der Waals surface area contributed by atoms with Crippen molar-refractivity contribution in [3.05, 3.63) is 58.9 Å². The number of benzene rings is 2. The summed E-state index contributed by atoms with van der Waals surface area (Å²) >= 11 is 0. The van der Waals surface area contributed by atoms with E-state index in [4.69, 9.17) is 9.47 Å². The molecule has 0 atom stereocenters. The molecular weight excluding hydrogens is 371 g/mol. The maximum absolute atomic E-state index is 14.3. The highest BCUT2D eigenvalue weighted by Crippen LogP contribution is 2.27. The highest BCUT2D eigenvalue weighted by atomic mass is 19.1. The lowest BCUT2D eigenvalue weighted by molar-refractivity contribution is 0.0792. The molecule has 0 aliphatic carbocycles. The predicted molar refractivity (Wildman–Crippen MR) is 110 cm³/mol. The van der Waals surface area contributed by atoms with Gasteiger partial charge in [0, 0.05) is 50.4 Å². The molecule has 0 spiro atoms. The average molecular weight is 400 g/mol. The molecule has 2 aromatic carbocycles. The number of likely N-dealkylation sites (tertiary alicyclic amines) is 1. The van der Waals surface area contributed by atoms with Crippen molar-refractivity contribution in [2.24, 2.45) is 0 Å². The van der Waals surface area contributed by atoms with E-state index in [1.54, 1.807) is 19.2 Å². The second-order valence-electron chi connectivity index (χ2n) is 7.97. The average Bonchev–Trinajstić information content (AvgIpc) is 2.92. The first kappa shape index (κ1) is 20.1. The number of ether oxygens (including phenoxy) is 2. The van der Waals surface area contributed by atoms with E-state index >= 15 is 0 Å². The Morgan fingerprint density at radius 1 is 1.07 bits per heavy atom. The molecule has 0 bridgehead atoms. The number of piperidine rings is 1. The van der Waals surface area contributed by atoms with Crippen LogP contribution in [0, 0.1) is 5.82 Å². The molecule has 2 aliphatic rings. The summed E-state index contributed by atoms with van der Waals surface area (Å²) in [6.45, 7) is 5.29. The fraction of sp³-hybridized carbons (Fsp3) is 0.478. The molecular formula is C23H29FN2O3. The van der Waals surface area contributed by atoms with Crippen molar-refractivity contribution in [3.8, 4) is 11.5 Å². The van der Waals surface area contributed by atoms with E-state index in [0.717, 1.165) is 56.9 Å². The molecule has 29 heavy (non-hydrogen) atoms. The molecule has 0 radical (unpaired) electrons. The Morgan fingerprint density at radius 2 is 1.90 bits per heavy atom. The van der Waals surface area contributed by atoms with E-state index in [1.165, 1.54) is 11.6 Å². The van der Waals surface area contributed by atoms with Crippen LogP contribution < -0.4 is 9.47 Å². The second-order valence-corrected chi connectivity index (χ2v) is 7.97. The number of aliphatic hydroxyl groups excluding tert-OH is 1. The van der Waals surface area contributed by atoms with Crippen LogP contribution in [-0.2, 0) is 19.6 Å². The first-order valence-electron chi connectivity index (χ1n) is 10.3. The summed E-state index contributed by atoms with van der Waals surface area (Å²) in [4.78, 5) is 4.60. The molecule has 1 N–H and O–H groups in total. The van der Waals surface area contributed by atoms with Crippen LogP contribution in [0.4, 0.5) is 4.39 Å². The lowest BCUT2D eigenvalue weighted by Crippen LogP contribution is -2.35. The summed E-state index contributed by atoms with van der Waals surface area (Å²) in [7, 11) is 1.59. The molecule has 1 fully saturated rings. The van der Waals surface area contributed by atoms with E-state index in [1.807, 2.05) is 0 Å². The summed E-state index contributed by atoms with van der Waals surface area (Å²) in [6, 6.07) is 11.3. The molecule has 156 valence electrons. The maximum atomic E-state index is 14.3. The van der Waals surface area contributed by atoms with Crippen molar-refractivity contribution in [2.45, 2.75) is 38.6 Å². The van der Waals surface area contributed by atoms with Gasteiger partial charge in [-0.15, -0.1) is 0 Å². The molecule has 5 nitrogen and oxygen atoms in total. The van der Waals surface area contributed by atoms with E-state index in [-0.39, 0.29) is 11.9 Å². The third kappa shape index (κ3) is 5.07. The molecule has 0 aromatic heterocycles. The van der Waals surface area contributed by atoms with E-state index in [9.17, 15) is 9.50 Å². The minimum Gasteiger partial charge on any atom is -0.497 e. The summed E-state index contributed by atoms with van der Waals surface area (Å²) in [5.74, 6) is 1.37. The van der Waals surface area contributed by atoms with E-state index < -0.39 is 0 Å². The summed E-state index contributed by atoms with van der Waals surface area (Å²) in [6.07, 6.45) is 1.53. The minimum absolute atomic E-state index is 0.155. The zero-order chi connectivity index (χ0) is 20.2. The topological polar surface area (TPSA) is 45.2 Å². The number of hydrogen-bond acceptors (Lipinski definition) is 5. The lowest BCUT2D eigenvalue weighted by atomic mass is 10.0. The van der Waals surface area contributed by atoms with Gasteiger partial charge in [-0.05, 0) is 48.7 Å². The Morgan fingerprint density at radius 3 is 2.69 bits per heavy atom. The van der Waals surface area contributed by atoms with Gasteiger partial charge in [0.1, 0.15) is 23.9 Å². The van der Waals surface area contributed by atoms with Gasteiger partial charge in [-0.25, -0.2) is 4.39 Å². The van der Waals surface area contributed by atoms with E-state index in [0.29, 0.717) is 24.5 Å². The van der Waals surface area contributed by atoms with Crippen molar-refractivity contribution < 1.29 is 19.0 Å². The van der Waals surface area contributed by atoms with Gasteiger partial charge in [-0.2, -0.15) is 0 Å². The van der Waals surface area contributed by atoms with Gasteiger partial charge in [0.05, 0.1) is 13.2 Å². The quantitative estimate of drug-likeness (QED) is 0.835. The zero-order valence-electron chi connectivity index (χ0n) is 16.9. The van der Waals surface area contributed by atoms with Crippen molar-refractivity contribution in [1.29, 1.82) is 0 Å². The Labute approximate surface area is 171 Å². The largest absolute Gasteiger partial charge is 0.497 e. The molecule has 0 amide bonds. The highest BCUT2D eigenvalue weighted by Gasteiger charge is 2.20. The van der Waals surface area contributed by atoms with Crippen LogP contribution >= 0.6 is 0 Å². The summed E-state index contributed by atoms with van der Waals surface area (Å²) in [5.41, 5.74) is 3.02. The van der Waals surface area contributed by atoms with Gasteiger partial charge in [-0.1, -0.05) is 6.07 Å². The SMILES string of the molecule is COc1ccc(F)c(CN2CCOc3ccc(CN4CCC(O)CC4)cc3C2)c1. The monoisotopic (exact) mass is 400 g/mol. The van der Waals surface area contributed by atoms with Crippen LogP contribution in [0.5, 0.6) is 11.5 Å². The summed E-state index contributed by atoms with van der Waals surface area (Å²) in [5, 5.41) is 9.70. The number of rotatable bonds is 5. The number of fused-ring (bicyclic) bond motifs is 1. The van der Waals surface area contributed by atoms with Crippen molar-refractivity contribution >= 4 is 0 Å². The van der Waals surface area contributed by atoms with Crippen LogP contribution in [0.15, 0.2) is 36.4 Å².